The van der Waals surface area contributed by atoms with E-state index < -0.39 is 18.0 Å². The zero-order chi connectivity index (χ0) is 23.9. The summed E-state index contributed by atoms with van der Waals surface area (Å²) in [5, 5.41) is 18.3. The lowest BCUT2D eigenvalue weighted by Crippen LogP contribution is -2.52. The molecule has 0 unspecified atom stereocenters. The molecule has 1 fully saturated rings. The fourth-order valence-electron chi connectivity index (χ4n) is 3.97. The summed E-state index contributed by atoms with van der Waals surface area (Å²) in [6.45, 7) is 12.1. The van der Waals surface area contributed by atoms with Gasteiger partial charge in [-0.1, -0.05) is 64.6 Å². The van der Waals surface area contributed by atoms with Gasteiger partial charge in [-0.15, -0.1) is 0 Å². The topological polar surface area (TPSA) is 108 Å². The molecule has 176 valence electrons. The summed E-state index contributed by atoms with van der Waals surface area (Å²) in [4.78, 5) is 37.8. The Labute approximate surface area is 191 Å². The van der Waals surface area contributed by atoms with Gasteiger partial charge in [0.2, 0.25) is 17.7 Å². The van der Waals surface area contributed by atoms with Gasteiger partial charge in [-0.05, 0) is 35.3 Å². The molecule has 7 nitrogen and oxygen atoms in total. The first-order chi connectivity index (χ1) is 15.0. The fraction of sp³-hybridized carbons (Fsp3) is 0.560. The lowest BCUT2D eigenvalue weighted by Gasteiger charge is -2.29. The van der Waals surface area contributed by atoms with E-state index >= 15 is 0 Å². The minimum atomic E-state index is -0.760. The second-order valence-corrected chi connectivity index (χ2v) is 9.85. The molecule has 0 bridgehead atoms. The first kappa shape index (κ1) is 25.6. The van der Waals surface area contributed by atoms with Gasteiger partial charge in [0.1, 0.15) is 6.04 Å². The molecule has 3 amide bonds. The van der Waals surface area contributed by atoms with Crippen LogP contribution in [0.1, 0.15) is 58.4 Å². The van der Waals surface area contributed by atoms with E-state index in [1.807, 2.05) is 58.0 Å². The zero-order valence-corrected chi connectivity index (χ0v) is 19.6. The summed E-state index contributed by atoms with van der Waals surface area (Å²) in [5.74, 6) is -1.16. The molecular formula is C25H37N3O4. The Morgan fingerprint density at radius 1 is 1.19 bits per heavy atom. The zero-order valence-electron chi connectivity index (χ0n) is 19.6. The molecule has 4 atom stereocenters. The Bertz CT molecular complexity index is 816. The van der Waals surface area contributed by atoms with E-state index in [1.54, 1.807) is 0 Å². The molecule has 0 spiro atoms. The summed E-state index contributed by atoms with van der Waals surface area (Å²) < 4.78 is 0. The molecule has 7 heteroatoms. The number of benzene rings is 1. The molecule has 1 aliphatic heterocycles. The van der Waals surface area contributed by atoms with E-state index in [9.17, 15) is 19.5 Å². The van der Waals surface area contributed by atoms with Crippen LogP contribution in [0, 0.1) is 11.3 Å². The molecule has 0 aromatic heterocycles. The van der Waals surface area contributed by atoms with Crippen LogP contribution in [0.4, 0.5) is 0 Å². The molecule has 1 aromatic carbocycles. The minimum absolute atomic E-state index is 0.0143. The number of hydrogen-bond donors (Lipinski definition) is 4. The number of hydrogen-bond acceptors (Lipinski definition) is 4. The summed E-state index contributed by atoms with van der Waals surface area (Å²) in [7, 11) is 0. The van der Waals surface area contributed by atoms with Crippen molar-refractivity contribution in [2.45, 2.75) is 65.0 Å². The molecule has 1 heterocycles. The number of nitrogens with one attached hydrogen (secondary N) is 3. The van der Waals surface area contributed by atoms with Crippen molar-refractivity contribution in [2.75, 3.05) is 13.2 Å². The third-order valence-electron chi connectivity index (χ3n) is 5.77. The van der Waals surface area contributed by atoms with Crippen molar-refractivity contribution < 1.29 is 19.5 Å². The maximum Gasteiger partial charge on any atom is 0.243 e. The van der Waals surface area contributed by atoms with Crippen LogP contribution in [0.3, 0.4) is 0 Å². The maximum absolute atomic E-state index is 13.1. The van der Waals surface area contributed by atoms with Crippen molar-refractivity contribution >= 4 is 17.7 Å². The average Bonchev–Trinajstić information content (AvgIpc) is 3.16. The summed E-state index contributed by atoms with van der Waals surface area (Å²) in [6, 6.07) is 8.25. The van der Waals surface area contributed by atoms with E-state index in [2.05, 4.69) is 22.5 Å². The Balaban J connectivity index is 2.05. The average molecular weight is 444 g/mol. The first-order valence-corrected chi connectivity index (χ1v) is 11.2. The van der Waals surface area contributed by atoms with Crippen LogP contribution in [-0.4, -0.2) is 48.1 Å². The highest BCUT2D eigenvalue weighted by molar-refractivity contribution is 5.89. The van der Waals surface area contributed by atoms with Crippen LogP contribution < -0.4 is 16.0 Å². The van der Waals surface area contributed by atoms with Crippen LogP contribution in [0.5, 0.6) is 0 Å². The van der Waals surface area contributed by atoms with E-state index in [0.29, 0.717) is 25.0 Å². The number of carbonyl (C=O) groups excluding carboxylic acids is 3. The molecule has 2 rings (SSSR count). The fourth-order valence-corrected chi connectivity index (χ4v) is 3.97. The molecule has 1 aromatic rings. The van der Waals surface area contributed by atoms with Crippen molar-refractivity contribution in [1.29, 1.82) is 0 Å². The number of rotatable bonds is 10. The quantitative estimate of drug-likeness (QED) is 0.416. The van der Waals surface area contributed by atoms with Gasteiger partial charge >= 0.3 is 0 Å². The van der Waals surface area contributed by atoms with Gasteiger partial charge in [0, 0.05) is 13.0 Å². The van der Waals surface area contributed by atoms with Gasteiger partial charge in [-0.2, -0.15) is 0 Å². The van der Waals surface area contributed by atoms with Crippen LogP contribution in [0.2, 0.25) is 0 Å². The maximum atomic E-state index is 13.1. The number of aliphatic hydroxyl groups excluding tert-OH is 1. The molecule has 1 saturated heterocycles. The highest BCUT2D eigenvalue weighted by atomic mass is 16.3. The Morgan fingerprint density at radius 2 is 1.84 bits per heavy atom. The minimum Gasteiger partial charge on any atom is -0.394 e. The van der Waals surface area contributed by atoms with Crippen LogP contribution in [0.15, 0.2) is 42.5 Å². The monoisotopic (exact) mass is 443 g/mol. The Morgan fingerprint density at radius 3 is 2.38 bits per heavy atom. The molecule has 0 radical (unpaired) electrons. The van der Waals surface area contributed by atoms with E-state index in [0.717, 1.165) is 5.56 Å². The van der Waals surface area contributed by atoms with E-state index in [4.69, 9.17) is 0 Å². The summed E-state index contributed by atoms with van der Waals surface area (Å²) in [5.41, 5.74) is 1.33. The lowest BCUT2D eigenvalue weighted by atomic mass is 9.87. The Hall–Kier alpha value is -2.67. The second-order valence-electron chi connectivity index (χ2n) is 9.85. The predicted molar refractivity (Wildman–Crippen MR) is 125 cm³/mol. The molecule has 32 heavy (non-hydrogen) atoms. The van der Waals surface area contributed by atoms with Crippen molar-refractivity contribution in [3.8, 4) is 0 Å². The van der Waals surface area contributed by atoms with Crippen molar-refractivity contribution in [1.82, 2.24) is 16.0 Å². The third-order valence-corrected chi connectivity index (χ3v) is 5.77. The highest BCUT2D eigenvalue weighted by Gasteiger charge is 2.33. The van der Waals surface area contributed by atoms with Gasteiger partial charge in [-0.3, -0.25) is 14.4 Å². The van der Waals surface area contributed by atoms with E-state index in [1.165, 1.54) is 0 Å². The summed E-state index contributed by atoms with van der Waals surface area (Å²) >= 11 is 0. The first-order valence-electron chi connectivity index (χ1n) is 11.2. The number of aliphatic hydroxyl groups is 1. The van der Waals surface area contributed by atoms with Crippen LogP contribution >= 0.6 is 0 Å². The standard InChI is InChI=1S/C25H37N3O4/c1-16(18-9-7-6-8-10-18)13-22(30)27-20(14-25(3,4)5)24(32)28-21(15-29)17(2)19-11-12-26-23(19)31/h6-10,16,19-21,29H,2,11-15H2,1,3-5H3,(H,26,31)(H,27,30)(H,28,32)/t16-,19+,20+,21-/m1/s1. The van der Waals surface area contributed by atoms with Crippen LogP contribution in [0.25, 0.3) is 0 Å². The smallest absolute Gasteiger partial charge is 0.243 e. The molecule has 0 saturated carbocycles. The van der Waals surface area contributed by atoms with Gasteiger partial charge in [0.25, 0.3) is 0 Å². The molecule has 1 aliphatic rings. The molecular weight excluding hydrogens is 406 g/mol. The van der Waals surface area contributed by atoms with Gasteiger partial charge in [-0.25, -0.2) is 0 Å². The van der Waals surface area contributed by atoms with Crippen LogP contribution in [-0.2, 0) is 14.4 Å². The number of carbonyl (C=O) groups is 3. The highest BCUT2D eigenvalue weighted by Crippen LogP contribution is 2.24. The van der Waals surface area contributed by atoms with Crippen molar-refractivity contribution in [2.24, 2.45) is 11.3 Å². The Kier molecular flexibility index (Phi) is 9.01. The van der Waals surface area contributed by atoms with E-state index in [-0.39, 0.29) is 42.1 Å². The lowest BCUT2D eigenvalue weighted by molar-refractivity contribution is -0.130. The SMILES string of the molecule is C=C([C@@H]1CCNC1=O)[C@@H](CO)NC(=O)[C@H](CC(C)(C)C)NC(=O)C[C@@H](C)c1ccccc1. The normalized spacial score (nSPS) is 18.9. The third kappa shape index (κ3) is 7.48. The van der Waals surface area contributed by atoms with Gasteiger partial charge in [0.05, 0.1) is 18.6 Å². The van der Waals surface area contributed by atoms with Gasteiger partial charge in [0.15, 0.2) is 0 Å². The predicted octanol–water partition coefficient (Wildman–Crippen LogP) is 2.27. The second kappa shape index (κ2) is 11.3. The molecule has 4 N–H and O–H groups in total. The largest absolute Gasteiger partial charge is 0.394 e. The van der Waals surface area contributed by atoms with Crippen molar-refractivity contribution in [3.05, 3.63) is 48.0 Å². The summed E-state index contributed by atoms with van der Waals surface area (Å²) in [6.07, 6.45) is 1.28. The van der Waals surface area contributed by atoms with Crippen molar-refractivity contribution in [3.63, 3.8) is 0 Å². The molecule has 0 aliphatic carbocycles. The number of amides is 3. The van der Waals surface area contributed by atoms with Gasteiger partial charge < -0.3 is 21.1 Å².